The van der Waals surface area contributed by atoms with Crippen molar-refractivity contribution in [2.75, 3.05) is 4.90 Å². The van der Waals surface area contributed by atoms with Crippen molar-refractivity contribution in [3.8, 4) is 0 Å². The first-order valence-electron chi connectivity index (χ1n) is 8.26. The standard InChI is InChI=1S/C19H10BrClN4O2S/c20-11-5-6-14-12(7-11)15(16-18(27)25-19(28-16)22-9-23-25)17(26)24(14)8-10-3-1-2-4-13(10)21/h1-7,9H,8H2/b16-15-. The van der Waals surface area contributed by atoms with Gasteiger partial charge in [-0.2, -0.15) is 9.61 Å². The summed E-state index contributed by atoms with van der Waals surface area (Å²) in [5.74, 6) is -0.241. The highest BCUT2D eigenvalue weighted by molar-refractivity contribution is 9.10. The van der Waals surface area contributed by atoms with Gasteiger partial charge in [0, 0.05) is 15.1 Å². The van der Waals surface area contributed by atoms with Crippen LogP contribution in [0.2, 0.25) is 5.02 Å². The number of rotatable bonds is 2. The molecule has 1 amide bonds. The van der Waals surface area contributed by atoms with Crippen LogP contribution in [0.4, 0.5) is 5.69 Å². The number of benzene rings is 2. The van der Waals surface area contributed by atoms with Gasteiger partial charge in [0.25, 0.3) is 11.5 Å². The Morgan fingerprint density at radius 3 is 2.75 bits per heavy atom. The molecule has 0 spiro atoms. The van der Waals surface area contributed by atoms with Crippen molar-refractivity contribution in [1.29, 1.82) is 0 Å². The Morgan fingerprint density at radius 1 is 1.14 bits per heavy atom. The van der Waals surface area contributed by atoms with Gasteiger partial charge in [-0.15, -0.1) is 0 Å². The molecule has 3 heterocycles. The molecule has 0 unspecified atom stereocenters. The summed E-state index contributed by atoms with van der Waals surface area (Å²) in [6.07, 6.45) is 1.33. The molecular weight excluding hydrogens is 464 g/mol. The highest BCUT2D eigenvalue weighted by Gasteiger charge is 2.34. The Hall–Kier alpha value is -2.55. The molecule has 1 aliphatic heterocycles. The fourth-order valence-electron chi connectivity index (χ4n) is 3.31. The van der Waals surface area contributed by atoms with Crippen LogP contribution in [0.15, 0.2) is 58.1 Å². The molecular formula is C19H10BrClN4O2S. The summed E-state index contributed by atoms with van der Waals surface area (Å²) < 4.78 is 2.37. The topological polar surface area (TPSA) is 67.6 Å². The molecule has 0 radical (unpaired) electrons. The summed E-state index contributed by atoms with van der Waals surface area (Å²) >= 11 is 10.9. The van der Waals surface area contributed by atoms with E-state index >= 15 is 0 Å². The predicted molar refractivity (Wildman–Crippen MR) is 112 cm³/mol. The van der Waals surface area contributed by atoms with Gasteiger partial charge in [0.1, 0.15) is 10.9 Å². The highest BCUT2D eigenvalue weighted by atomic mass is 79.9. The number of amides is 1. The lowest BCUT2D eigenvalue weighted by atomic mass is 10.1. The quantitative estimate of drug-likeness (QED) is 0.449. The maximum absolute atomic E-state index is 13.4. The van der Waals surface area contributed by atoms with Crippen molar-refractivity contribution < 1.29 is 4.79 Å². The second kappa shape index (κ2) is 6.51. The van der Waals surface area contributed by atoms with Crippen molar-refractivity contribution in [1.82, 2.24) is 14.6 Å². The monoisotopic (exact) mass is 472 g/mol. The smallest absolute Gasteiger partial charge is 0.291 e. The van der Waals surface area contributed by atoms with E-state index in [4.69, 9.17) is 11.6 Å². The second-order valence-corrected chi connectivity index (χ2v) is 8.51. The van der Waals surface area contributed by atoms with E-state index in [0.29, 0.717) is 32.2 Å². The number of hydrogen-bond acceptors (Lipinski definition) is 5. The van der Waals surface area contributed by atoms with Crippen LogP contribution in [0.3, 0.4) is 0 Å². The van der Waals surface area contributed by atoms with E-state index in [0.717, 1.165) is 27.1 Å². The lowest BCUT2D eigenvalue weighted by Crippen LogP contribution is -2.32. The van der Waals surface area contributed by atoms with E-state index in [-0.39, 0.29) is 11.5 Å². The average Bonchev–Trinajstić information content (AvgIpc) is 3.32. The molecule has 0 fully saturated rings. The SMILES string of the molecule is O=C1/C(=c2\sc3ncnn3c2=O)c2cc(Br)ccc2N1Cc1ccccc1Cl. The number of anilines is 1. The number of aromatic nitrogens is 3. The van der Waals surface area contributed by atoms with Gasteiger partial charge in [-0.1, -0.05) is 57.1 Å². The van der Waals surface area contributed by atoms with Crippen molar-refractivity contribution in [3.05, 3.63) is 84.3 Å². The normalized spacial score (nSPS) is 15.5. The van der Waals surface area contributed by atoms with E-state index < -0.39 is 0 Å². The molecule has 0 saturated heterocycles. The number of hydrogen-bond donors (Lipinski definition) is 0. The maximum Gasteiger partial charge on any atom is 0.291 e. The van der Waals surface area contributed by atoms with Crippen molar-refractivity contribution in [2.45, 2.75) is 6.54 Å². The van der Waals surface area contributed by atoms with Gasteiger partial charge >= 0.3 is 0 Å². The molecule has 0 bridgehead atoms. The number of thiazole rings is 1. The molecule has 0 saturated carbocycles. The van der Waals surface area contributed by atoms with Gasteiger partial charge in [-0.25, -0.2) is 4.98 Å². The van der Waals surface area contributed by atoms with Crippen LogP contribution in [0, 0.1) is 0 Å². The number of fused-ring (bicyclic) bond motifs is 2. The first kappa shape index (κ1) is 17.5. The van der Waals surface area contributed by atoms with Gasteiger partial charge in [0.15, 0.2) is 0 Å². The largest absolute Gasteiger partial charge is 0.303 e. The zero-order valence-electron chi connectivity index (χ0n) is 14.1. The zero-order valence-corrected chi connectivity index (χ0v) is 17.3. The minimum absolute atomic E-state index is 0.241. The summed E-state index contributed by atoms with van der Waals surface area (Å²) in [6.45, 7) is 0.311. The van der Waals surface area contributed by atoms with E-state index in [1.807, 2.05) is 36.4 Å². The van der Waals surface area contributed by atoms with Crippen LogP contribution in [0.5, 0.6) is 0 Å². The first-order chi connectivity index (χ1) is 13.5. The molecule has 9 heteroatoms. The Bertz CT molecular complexity index is 1380. The molecule has 0 aliphatic carbocycles. The molecule has 138 valence electrons. The van der Waals surface area contributed by atoms with E-state index in [1.165, 1.54) is 10.8 Å². The summed E-state index contributed by atoms with van der Waals surface area (Å²) in [5, 5.41) is 4.53. The van der Waals surface area contributed by atoms with Gasteiger partial charge in [0.2, 0.25) is 4.96 Å². The first-order valence-corrected chi connectivity index (χ1v) is 10.3. The number of halogens is 2. The van der Waals surface area contributed by atoms with Crippen molar-refractivity contribution in [3.63, 3.8) is 0 Å². The van der Waals surface area contributed by atoms with Gasteiger partial charge < -0.3 is 4.90 Å². The van der Waals surface area contributed by atoms with Gasteiger partial charge in [0.05, 0.1) is 17.8 Å². The number of carbonyl (C=O) groups is 1. The van der Waals surface area contributed by atoms with E-state index in [1.54, 1.807) is 11.0 Å². The predicted octanol–water partition coefficient (Wildman–Crippen LogP) is 3.03. The molecule has 0 N–H and O–H groups in total. The van der Waals surface area contributed by atoms with Crippen LogP contribution < -0.4 is 15.0 Å². The van der Waals surface area contributed by atoms with E-state index in [9.17, 15) is 9.59 Å². The molecule has 6 nitrogen and oxygen atoms in total. The number of nitrogens with zero attached hydrogens (tertiary/aromatic N) is 4. The Kier molecular flexibility index (Phi) is 4.08. The fraction of sp³-hybridized carbons (Fsp3) is 0.0526. The summed E-state index contributed by atoms with van der Waals surface area (Å²) in [5.41, 5.74) is 2.30. The van der Waals surface area contributed by atoms with Crippen LogP contribution in [-0.2, 0) is 11.3 Å². The minimum Gasteiger partial charge on any atom is -0.303 e. The van der Waals surface area contributed by atoms with Gasteiger partial charge in [-0.05, 0) is 29.8 Å². The third-order valence-corrected chi connectivity index (χ3v) is 6.49. The molecule has 2 aromatic heterocycles. The zero-order chi connectivity index (χ0) is 19.4. The molecule has 0 atom stereocenters. The Morgan fingerprint density at radius 2 is 1.96 bits per heavy atom. The van der Waals surface area contributed by atoms with Crippen molar-refractivity contribution in [2.24, 2.45) is 0 Å². The average molecular weight is 474 g/mol. The highest BCUT2D eigenvalue weighted by Crippen LogP contribution is 2.38. The Balaban J connectivity index is 1.76. The molecule has 28 heavy (non-hydrogen) atoms. The van der Waals surface area contributed by atoms with Gasteiger partial charge in [-0.3, -0.25) is 9.59 Å². The third kappa shape index (κ3) is 2.60. The summed E-state index contributed by atoms with van der Waals surface area (Å²) in [7, 11) is 0. The molecule has 5 rings (SSSR count). The van der Waals surface area contributed by atoms with Crippen LogP contribution in [-0.4, -0.2) is 20.5 Å². The van der Waals surface area contributed by atoms with E-state index in [2.05, 4.69) is 26.0 Å². The lowest BCUT2D eigenvalue weighted by Gasteiger charge is -2.18. The lowest BCUT2D eigenvalue weighted by molar-refractivity contribution is -0.113. The van der Waals surface area contributed by atoms with Crippen LogP contribution >= 0.6 is 38.9 Å². The summed E-state index contributed by atoms with van der Waals surface area (Å²) in [6, 6.07) is 13.0. The summed E-state index contributed by atoms with van der Waals surface area (Å²) in [4.78, 5) is 32.4. The molecule has 2 aromatic carbocycles. The van der Waals surface area contributed by atoms with Crippen molar-refractivity contribution >= 4 is 61.0 Å². The third-order valence-electron chi connectivity index (χ3n) is 4.59. The van der Waals surface area contributed by atoms with Crippen LogP contribution in [0.1, 0.15) is 11.1 Å². The molecule has 4 aromatic rings. The fourth-order valence-corrected chi connectivity index (χ4v) is 4.83. The molecule has 1 aliphatic rings. The van der Waals surface area contributed by atoms with Crippen LogP contribution in [0.25, 0.3) is 10.5 Å². The maximum atomic E-state index is 13.4. The second-order valence-electron chi connectivity index (χ2n) is 6.21. The Labute approximate surface area is 175 Å². The number of carbonyl (C=O) groups excluding carboxylic acids is 1. The minimum atomic E-state index is -0.341.